The predicted molar refractivity (Wildman–Crippen MR) is 63.7 cm³/mol. The van der Waals surface area contributed by atoms with Crippen LogP contribution in [-0.2, 0) is 11.3 Å². The lowest BCUT2D eigenvalue weighted by molar-refractivity contribution is -0.118. The van der Waals surface area contributed by atoms with Crippen molar-refractivity contribution in [2.75, 3.05) is 5.88 Å². The van der Waals surface area contributed by atoms with Crippen molar-refractivity contribution in [2.24, 2.45) is 0 Å². The Morgan fingerprint density at radius 2 is 2.31 bits per heavy atom. The van der Waals surface area contributed by atoms with Crippen molar-refractivity contribution >= 4 is 40.0 Å². The standard InChI is InChI=1S/C10H9Cl2N3O/c11-4-10(16)13-5-9-7-3-6(12)1-2-8(7)14-15-9/h1-3H,4-5H2,(H,13,16)(H,14,15). The number of nitrogens with one attached hydrogen (secondary N) is 2. The number of aromatic amines is 1. The number of hydrogen-bond donors (Lipinski definition) is 2. The minimum absolute atomic E-state index is 0.0488. The molecule has 0 spiro atoms. The van der Waals surface area contributed by atoms with Gasteiger partial charge in [-0.3, -0.25) is 9.89 Å². The Kier molecular flexibility index (Phi) is 3.31. The Bertz CT molecular complexity index is 524. The van der Waals surface area contributed by atoms with Crippen molar-refractivity contribution in [3.8, 4) is 0 Å². The van der Waals surface area contributed by atoms with Crippen molar-refractivity contribution < 1.29 is 4.79 Å². The smallest absolute Gasteiger partial charge is 0.235 e. The van der Waals surface area contributed by atoms with Gasteiger partial charge in [-0.25, -0.2) is 0 Å². The molecule has 0 radical (unpaired) electrons. The van der Waals surface area contributed by atoms with Crippen LogP contribution >= 0.6 is 23.2 Å². The Labute approximate surface area is 102 Å². The summed E-state index contributed by atoms with van der Waals surface area (Å²) in [5.41, 5.74) is 1.63. The summed E-state index contributed by atoms with van der Waals surface area (Å²) in [5, 5.41) is 11.2. The number of alkyl halides is 1. The van der Waals surface area contributed by atoms with E-state index >= 15 is 0 Å². The van der Waals surface area contributed by atoms with E-state index in [1.165, 1.54) is 0 Å². The molecule has 1 aromatic heterocycles. The van der Waals surface area contributed by atoms with Gasteiger partial charge in [0.1, 0.15) is 5.88 Å². The second-order valence-electron chi connectivity index (χ2n) is 3.27. The monoisotopic (exact) mass is 257 g/mol. The molecular formula is C10H9Cl2N3O. The average molecular weight is 258 g/mol. The topological polar surface area (TPSA) is 57.8 Å². The summed E-state index contributed by atoms with van der Waals surface area (Å²) in [6.07, 6.45) is 0. The largest absolute Gasteiger partial charge is 0.349 e. The highest BCUT2D eigenvalue weighted by Crippen LogP contribution is 2.20. The highest BCUT2D eigenvalue weighted by Gasteiger charge is 2.06. The van der Waals surface area contributed by atoms with E-state index in [0.29, 0.717) is 11.6 Å². The number of benzene rings is 1. The van der Waals surface area contributed by atoms with E-state index in [1.54, 1.807) is 6.07 Å². The number of rotatable bonds is 3. The molecule has 0 bridgehead atoms. The van der Waals surface area contributed by atoms with Crippen LogP contribution in [0, 0.1) is 0 Å². The van der Waals surface area contributed by atoms with Crippen LogP contribution in [0.2, 0.25) is 5.02 Å². The number of carbonyl (C=O) groups excluding carboxylic acids is 1. The Morgan fingerprint density at radius 1 is 1.50 bits per heavy atom. The summed E-state index contributed by atoms with van der Waals surface area (Å²) >= 11 is 11.3. The van der Waals surface area contributed by atoms with E-state index < -0.39 is 0 Å². The zero-order chi connectivity index (χ0) is 11.5. The number of fused-ring (bicyclic) bond motifs is 1. The molecule has 2 N–H and O–H groups in total. The molecule has 1 heterocycles. The number of H-pyrrole nitrogens is 1. The van der Waals surface area contributed by atoms with E-state index in [4.69, 9.17) is 23.2 Å². The molecule has 2 rings (SSSR count). The zero-order valence-corrected chi connectivity index (χ0v) is 9.77. The molecule has 0 atom stereocenters. The first-order valence-electron chi connectivity index (χ1n) is 4.66. The third-order valence-electron chi connectivity index (χ3n) is 2.18. The van der Waals surface area contributed by atoms with E-state index in [1.807, 2.05) is 12.1 Å². The molecule has 0 saturated carbocycles. The molecular weight excluding hydrogens is 249 g/mol. The summed E-state index contributed by atoms with van der Waals surface area (Å²) in [6.45, 7) is 0.363. The fraction of sp³-hybridized carbons (Fsp3) is 0.200. The van der Waals surface area contributed by atoms with Crippen molar-refractivity contribution in [1.82, 2.24) is 15.5 Å². The summed E-state index contributed by atoms with van der Waals surface area (Å²) in [6, 6.07) is 5.40. The second kappa shape index (κ2) is 4.72. The number of amides is 1. The number of aromatic nitrogens is 2. The van der Waals surface area contributed by atoms with Gasteiger partial charge < -0.3 is 5.32 Å². The Hall–Kier alpha value is -1.26. The normalized spacial score (nSPS) is 10.6. The Morgan fingerprint density at radius 3 is 3.06 bits per heavy atom. The molecule has 4 nitrogen and oxygen atoms in total. The minimum Gasteiger partial charge on any atom is -0.349 e. The summed E-state index contributed by atoms with van der Waals surface area (Å²) in [5.74, 6) is -0.265. The van der Waals surface area contributed by atoms with Crippen molar-refractivity contribution in [2.45, 2.75) is 6.54 Å². The first-order chi connectivity index (χ1) is 7.70. The molecule has 0 aliphatic rings. The number of halogens is 2. The molecule has 0 fully saturated rings. The molecule has 1 amide bonds. The van der Waals surface area contributed by atoms with Gasteiger partial charge in [0.15, 0.2) is 0 Å². The molecule has 84 valence electrons. The van der Waals surface area contributed by atoms with Gasteiger partial charge in [0.2, 0.25) is 5.91 Å². The average Bonchev–Trinajstić information content (AvgIpc) is 2.68. The third-order valence-corrected chi connectivity index (χ3v) is 2.66. The fourth-order valence-electron chi connectivity index (χ4n) is 1.40. The van der Waals surface area contributed by atoms with Crippen LogP contribution in [0.3, 0.4) is 0 Å². The maximum atomic E-state index is 11.0. The first-order valence-corrected chi connectivity index (χ1v) is 5.57. The fourth-order valence-corrected chi connectivity index (χ4v) is 1.67. The maximum absolute atomic E-state index is 11.0. The van der Waals surface area contributed by atoms with E-state index in [-0.39, 0.29) is 11.8 Å². The molecule has 2 aromatic rings. The van der Waals surface area contributed by atoms with Crippen molar-refractivity contribution in [3.05, 3.63) is 28.9 Å². The van der Waals surface area contributed by atoms with E-state index in [0.717, 1.165) is 16.6 Å². The summed E-state index contributed by atoms with van der Waals surface area (Å²) in [4.78, 5) is 11.0. The van der Waals surface area contributed by atoms with Gasteiger partial charge >= 0.3 is 0 Å². The van der Waals surface area contributed by atoms with Gasteiger partial charge in [-0.15, -0.1) is 11.6 Å². The van der Waals surface area contributed by atoms with Crippen molar-refractivity contribution in [1.29, 1.82) is 0 Å². The van der Waals surface area contributed by atoms with Gasteiger partial charge in [-0.2, -0.15) is 5.10 Å². The highest BCUT2D eigenvalue weighted by atomic mass is 35.5. The molecule has 0 aliphatic heterocycles. The van der Waals surface area contributed by atoms with Crippen LogP contribution in [0.15, 0.2) is 18.2 Å². The minimum atomic E-state index is -0.216. The van der Waals surface area contributed by atoms with Crippen molar-refractivity contribution in [3.63, 3.8) is 0 Å². The number of nitrogens with zero attached hydrogens (tertiary/aromatic N) is 1. The second-order valence-corrected chi connectivity index (χ2v) is 3.98. The number of carbonyl (C=O) groups is 1. The van der Waals surface area contributed by atoms with E-state index in [2.05, 4.69) is 15.5 Å². The van der Waals surface area contributed by atoms with Crippen LogP contribution in [0.25, 0.3) is 10.9 Å². The van der Waals surface area contributed by atoms with Crippen LogP contribution in [0.4, 0.5) is 0 Å². The third kappa shape index (κ3) is 2.28. The lowest BCUT2D eigenvalue weighted by atomic mass is 10.2. The summed E-state index contributed by atoms with van der Waals surface area (Å²) < 4.78 is 0. The lowest BCUT2D eigenvalue weighted by Gasteiger charge is -2.00. The highest BCUT2D eigenvalue weighted by molar-refractivity contribution is 6.31. The van der Waals surface area contributed by atoms with Gasteiger partial charge in [0.25, 0.3) is 0 Å². The molecule has 6 heteroatoms. The number of hydrogen-bond acceptors (Lipinski definition) is 2. The van der Waals surface area contributed by atoms with Crippen LogP contribution in [-0.4, -0.2) is 22.0 Å². The summed E-state index contributed by atoms with van der Waals surface area (Å²) in [7, 11) is 0. The van der Waals surface area contributed by atoms with Gasteiger partial charge in [0.05, 0.1) is 17.8 Å². The molecule has 0 unspecified atom stereocenters. The van der Waals surface area contributed by atoms with Gasteiger partial charge in [0, 0.05) is 10.4 Å². The van der Waals surface area contributed by atoms with E-state index in [9.17, 15) is 4.79 Å². The van der Waals surface area contributed by atoms with Gasteiger partial charge in [-0.05, 0) is 18.2 Å². The molecule has 0 saturated heterocycles. The van der Waals surface area contributed by atoms with Crippen LogP contribution < -0.4 is 5.32 Å². The van der Waals surface area contributed by atoms with Gasteiger partial charge in [-0.1, -0.05) is 11.6 Å². The van der Waals surface area contributed by atoms with Crippen LogP contribution in [0.5, 0.6) is 0 Å². The molecule has 0 aliphatic carbocycles. The predicted octanol–water partition coefficient (Wildman–Crippen LogP) is 2.07. The lowest BCUT2D eigenvalue weighted by Crippen LogP contribution is -2.23. The maximum Gasteiger partial charge on any atom is 0.235 e. The molecule has 1 aromatic carbocycles. The quantitative estimate of drug-likeness (QED) is 0.828. The SMILES string of the molecule is O=C(CCl)NCc1[nH]nc2ccc(Cl)cc12. The first kappa shape index (κ1) is 11.2. The molecule has 16 heavy (non-hydrogen) atoms. The van der Waals surface area contributed by atoms with Crippen LogP contribution in [0.1, 0.15) is 5.69 Å². The zero-order valence-electron chi connectivity index (χ0n) is 8.26. The Balaban J connectivity index is 2.24.